The third-order valence-corrected chi connectivity index (χ3v) is 9.84. The molecule has 0 amide bonds. The van der Waals surface area contributed by atoms with Gasteiger partial charge in [-0.1, -0.05) is 0 Å². The molecule has 0 radical (unpaired) electrons. The normalized spacial score (nSPS) is 17.9. The Hall–Kier alpha value is -4.43. The first-order valence-electron chi connectivity index (χ1n) is 14.4. The molecule has 45 heavy (non-hydrogen) atoms. The number of benzene rings is 1. The van der Waals surface area contributed by atoms with Crippen LogP contribution in [0.4, 0.5) is 20.3 Å². The zero-order chi connectivity index (χ0) is 31.9. The monoisotopic (exact) mass is 635 g/mol. The number of nitrogens with zero attached hydrogens (tertiary/aromatic N) is 7. The van der Waals surface area contributed by atoms with Crippen molar-refractivity contribution in [1.29, 1.82) is 0 Å². The maximum atomic E-state index is 14.5. The van der Waals surface area contributed by atoms with Crippen molar-refractivity contribution in [3.8, 4) is 5.88 Å². The summed E-state index contributed by atoms with van der Waals surface area (Å²) >= 11 is 1.67. The lowest BCUT2D eigenvalue weighted by molar-refractivity contribution is -0.389. The van der Waals surface area contributed by atoms with Gasteiger partial charge in [-0.15, -0.1) is 11.8 Å². The molecule has 1 atom stereocenters. The molecule has 234 valence electrons. The van der Waals surface area contributed by atoms with E-state index in [0.717, 1.165) is 48.5 Å². The quantitative estimate of drug-likeness (QED) is 0.140. The topological polar surface area (TPSA) is 119 Å². The van der Waals surface area contributed by atoms with Gasteiger partial charge in [0.2, 0.25) is 5.88 Å². The van der Waals surface area contributed by atoms with E-state index in [1.807, 2.05) is 25.3 Å². The number of piperidine rings is 1. The second-order valence-corrected chi connectivity index (χ2v) is 12.4. The van der Waals surface area contributed by atoms with Gasteiger partial charge >= 0.3 is 5.82 Å². The summed E-state index contributed by atoms with van der Waals surface area (Å²) in [6, 6.07) is 8.84. The highest BCUT2D eigenvalue weighted by molar-refractivity contribution is 7.99. The average Bonchev–Trinajstić information content (AvgIpc) is 3.44. The van der Waals surface area contributed by atoms with E-state index in [9.17, 15) is 23.7 Å². The molecule has 0 bridgehead atoms. The van der Waals surface area contributed by atoms with Crippen LogP contribution in [0.5, 0.6) is 5.88 Å². The van der Waals surface area contributed by atoms with E-state index in [0.29, 0.717) is 36.6 Å². The number of anilines is 1. The molecule has 3 aromatic heterocycles. The number of nitro groups is 1. The third-order valence-electron chi connectivity index (χ3n) is 8.49. The molecule has 11 nitrogen and oxygen atoms in total. The summed E-state index contributed by atoms with van der Waals surface area (Å²) in [7, 11) is 1.55. The number of thioether (sulfide) groups is 1. The first kappa shape index (κ1) is 30.6. The Morgan fingerprint density at radius 3 is 2.67 bits per heavy atom. The molecule has 1 fully saturated rings. The predicted molar refractivity (Wildman–Crippen MR) is 169 cm³/mol. The highest BCUT2D eigenvalue weighted by Gasteiger charge is 2.42. The summed E-state index contributed by atoms with van der Waals surface area (Å²) in [5.41, 5.74) is 3.43. The Kier molecular flexibility index (Phi) is 8.27. The number of fused-ring (bicyclic) bond motifs is 3. The van der Waals surface area contributed by atoms with Gasteiger partial charge in [-0.3, -0.25) is 9.69 Å². The molecule has 1 unspecified atom stereocenters. The zero-order valence-electron chi connectivity index (χ0n) is 25.0. The van der Waals surface area contributed by atoms with Gasteiger partial charge in [0, 0.05) is 68.3 Å². The minimum atomic E-state index is -1.09. The van der Waals surface area contributed by atoms with Crippen molar-refractivity contribution in [2.75, 3.05) is 31.4 Å². The van der Waals surface area contributed by atoms with Crippen molar-refractivity contribution < 1.29 is 18.4 Å². The van der Waals surface area contributed by atoms with Gasteiger partial charge in [-0.05, 0) is 59.7 Å². The van der Waals surface area contributed by atoms with E-state index in [2.05, 4.69) is 24.9 Å². The Morgan fingerprint density at radius 2 is 1.96 bits per heavy atom. The Labute approximate surface area is 261 Å². The minimum Gasteiger partial charge on any atom is -0.481 e. The maximum absolute atomic E-state index is 14.5. The maximum Gasteiger partial charge on any atom is 0.363 e. The van der Waals surface area contributed by atoms with Crippen molar-refractivity contribution in [1.82, 2.24) is 19.5 Å². The van der Waals surface area contributed by atoms with Gasteiger partial charge in [0.15, 0.2) is 23.3 Å². The molecule has 0 spiro atoms. The molecule has 1 aromatic carbocycles. The number of halogens is 2. The molecular weight excluding hydrogens is 604 g/mol. The van der Waals surface area contributed by atoms with E-state index in [4.69, 9.17) is 4.74 Å². The fourth-order valence-corrected chi connectivity index (χ4v) is 7.25. The number of ether oxygens (including phenoxy) is 1. The van der Waals surface area contributed by atoms with E-state index >= 15 is 0 Å². The second-order valence-electron chi connectivity index (χ2n) is 11.2. The van der Waals surface area contributed by atoms with Gasteiger partial charge in [-0.25, -0.2) is 18.4 Å². The third kappa shape index (κ3) is 5.75. The summed E-state index contributed by atoms with van der Waals surface area (Å²) in [6.07, 6.45) is 7.23. The van der Waals surface area contributed by atoms with Crippen LogP contribution in [-0.2, 0) is 19.5 Å². The Bertz CT molecular complexity index is 1890. The van der Waals surface area contributed by atoms with E-state index in [1.54, 1.807) is 35.8 Å². The molecule has 5 heterocycles. The van der Waals surface area contributed by atoms with Crippen LogP contribution in [0.1, 0.15) is 36.6 Å². The molecule has 0 saturated carbocycles. The Morgan fingerprint density at radius 1 is 1.16 bits per heavy atom. The molecule has 1 saturated heterocycles. The summed E-state index contributed by atoms with van der Waals surface area (Å²) in [6.45, 7) is 3.76. The summed E-state index contributed by atoms with van der Waals surface area (Å²) < 4.78 is 35.7. The summed E-state index contributed by atoms with van der Waals surface area (Å²) in [5, 5.41) is 15.8. The van der Waals surface area contributed by atoms with Crippen molar-refractivity contribution in [3.05, 3.63) is 97.6 Å². The fourth-order valence-electron chi connectivity index (χ4n) is 6.23. The number of methoxy groups -OCH3 is 1. The zero-order valence-corrected chi connectivity index (χ0v) is 25.8. The lowest BCUT2D eigenvalue weighted by atomic mass is 9.98. The van der Waals surface area contributed by atoms with Crippen LogP contribution in [-0.4, -0.2) is 61.5 Å². The van der Waals surface area contributed by atoms with Crippen molar-refractivity contribution >= 4 is 39.9 Å². The van der Waals surface area contributed by atoms with Crippen LogP contribution < -0.4 is 15.1 Å². The van der Waals surface area contributed by atoms with Gasteiger partial charge in [0.25, 0.3) is 0 Å². The van der Waals surface area contributed by atoms with Crippen LogP contribution >= 0.6 is 11.8 Å². The van der Waals surface area contributed by atoms with Gasteiger partial charge < -0.3 is 19.8 Å². The molecule has 14 heteroatoms. The smallest absolute Gasteiger partial charge is 0.363 e. The first-order chi connectivity index (χ1) is 21.6. The highest BCUT2D eigenvalue weighted by atomic mass is 32.2. The largest absolute Gasteiger partial charge is 0.481 e. The number of hydrogen-bond donors (Lipinski definition) is 0. The lowest BCUT2D eigenvalue weighted by Crippen LogP contribution is -2.56. The molecule has 6 rings (SSSR count). The summed E-state index contributed by atoms with van der Waals surface area (Å²) in [5.74, 6) is -1.90. The lowest BCUT2D eigenvalue weighted by Gasteiger charge is -2.49. The van der Waals surface area contributed by atoms with Gasteiger partial charge in [0.1, 0.15) is 0 Å². The minimum absolute atomic E-state index is 0.0667. The summed E-state index contributed by atoms with van der Waals surface area (Å²) in [4.78, 5) is 36.9. The van der Waals surface area contributed by atoms with Gasteiger partial charge in [0.05, 0.1) is 34.3 Å². The SMILES string of the molecule is COc1cc(CN(Cc2c3n(c4cc(F)c(F)cc4c2=O)N=C(C)C3)C2(SC)CCCN(c3ccc([N+](=O)[O-])nc3)C2)ccn1. The standard InChI is InChI=1S/C31H31F2N7O4S/c1-19-11-26-23(30(41)22-13-24(32)25(33)14-27(22)39(26)36-19)17-38(16-20-7-9-34-29(12-20)44-2)31(45-3)8-4-10-37(18-31)21-5-6-28(35-15-21)40(42)43/h5-7,9,12-15H,4,8,10-11,16-18H2,1-3H3. The fraction of sp³-hybridized carbons (Fsp3) is 0.355. The van der Waals surface area contributed by atoms with Crippen molar-refractivity contribution in [2.24, 2.45) is 5.10 Å². The first-order valence-corrected chi connectivity index (χ1v) is 15.6. The molecule has 2 aliphatic rings. The predicted octanol–water partition coefficient (Wildman–Crippen LogP) is 5.13. The molecule has 0 N–H and O–H groups in total. The molecule has 0 aliphatic carbocycles. The van der Waals surface area contributed by atoms with Crippen LogP contribution in [0.25, 0.3) is 10.9 Å². The number of pyridine rings is 3. The number of hydrogen-bond acceptors (Lipinski definition) is 10. The number of aromatic nitrogens is 3. The molecular formula is C31H31F2N7O4S. The van der Waals surface area contributed by atoms with Crippen LogP contribution in [0.2, 0.25) is 0 Å². The van der Waals surface area contributed by atoms with Crippen molar-refractivity contribution in [3.63, 3.8) is 0 Å². The Balaban J connectivity index is 1.45. The van der Waals surface area contributed by atoms with E-state index in [1.165, 1.54) is 12.3 Å². The second kappa shape index (κ2) is 12.2. The molecule has 4 aromatic rings. The van der Waals surface area contributed by atoms with Crippen LogP contribution in [0.3, 0.4) is 0 Å². The van der Waals surface area contributed by atoms with E-state index in [-0.39, 0.29) is 28.7 Å². The average molecular weight is 636 g/mol. The molecule has 2 aliphatic heterocycles. The van der Waals surface area contributed by atoms with Crippen LogP contribution in [0.15, 0.2) is 58.7 Å². The number of rotatable bonds is 9. The van der Waals surface area contributed by atoms with Gasteiger partial charge in [-0.2, -0.15) is 5.10 Å². The van der Waals surface area contributed by atoms with Crippen molar-refractivity contribution in [2.45, 2.75) is 44.1 Å². The van der Waals surface area contributed by atoms with Crippen LogP contribution in [0, 0.1) is 21.7 Å². The highest BCUT2D eigenvalue weighted by Crippen LogP contribution is 2.41. The van der Waals surface area contributed by atoms with E-state index < -0.39 is 21.4 Å².